The molecule has 1 amide bonds. The second-order valence-corrected chi connectivity index (χ2v) is 8.63. The van der Waals surface area contributed by atoms with Crippen molar-refractivity contribution in [2.45, 2.75) is 71.2 Å². The molecule has 28 heavy (non-hydrogen) atoms. The molecular weight excluding hydrogens is 350 g/mol. The summed E-state index contributed by atoms with van der Waals surface area (Å²) < 4.78 is 5.85. The van der Waals surface area contributed by atoms with Crippen LogP contribution in [0.1, 0.15) is 57.7 Å². The van der Waals surface area contributed by atoms with Gasteiger partial charge in [-0.25, -0.2) is 0 Å². The summed E-state index contributed by atoms with van der Waals surface area (Å²) in [5, 5.41) is 3.18. The Labute approximate surface area is 170 Å². The molecule has 5 heteroatoms. The second-order valence-electron chi connectivity index (χ2n) is 8.63. The maximum atomic E-state index is 12.7. The van der Waals surface area contributed by atoms with Crippen LogP contribution in [0.4, 0.5) is 0 Å². The van der Waals surface area contributed by atoms with Gasteiger partial charge in [0.05, 0.1) is 24.8 Å². The highest BCUT2D eigenvalue weighted by Crippen LogP contribution is 2.21. The molecule has 156 valence electrons. The summed E-state index contributed by atoms with van der Waals surface area (Å²) in [7, 11) is 0. The lowest BCUT2D eigenvalue weighted by Gasteiger charge is -2.38. The van der Waals surface area contributed by atoms with Crippen LogP contribution in [0, 0.1) is 0 Å². The fraction of sp³-hybridized carbons (Fsp3) is 0.696. The number of carbonyl (C=O) groups is 1. The van der Waals surface area contributed by atoms with E-state index in [0.717, 1.165) is 32.6 Å². The van der Waals surface area contributed by atoms with Crippen molar-refractivity contribution in [3.05, 3.63) is 35.4 Å². The molecule has 2 heterocycles. The van der Waals surface area contributed by atoms with Gasteiger partial charge in [0.15, 0.2) is 0 Å². The Morgan fingerprint density at radius 1 is 1.21 bits per heavy atom. The van der Waals surface area contributed by atoms with Crippen LogP contribution in [0.3, 0.4) is 0 Å². The summed E-state index contributed by atoms with van der Waals surface area (Å²) in [5.41, 5.74) is 2.49. The van der Waals surface area contributed by atoms with Gasteiger partial charge in [0.1, 0.15) is 0 Å². The zero-order valence-corrected chi connectivity index (χ0v) is 18.0. The molecule has 2 aliphatic heterocycles. The lowest BCUT2D eigenvalue weighted by atomic mass is 10.0. The summed E-state index contributed by atoms with van der Waals surface area (Å²) in [6.07, 6.45) is 3.99. The lowest BCUT2D eigenvalue weighted by Crippen LogP contribution is -2.51. The predicted octanol–water partition coefficient (Wildman–Crippen LogP) is 3.00. The van der Waals surface area contributed by atoms with Gasteiger partial charge in [-0.1, -0.05) is 31.2 Å². The SMILES string of the molecule is CCc1ccc(C(C)NC(=O)CN2CCCC2CN2CC(C)OC(C)C2)cc1. The number of nitrogens with one attached hydrogen (secondary N) is 1. The minimum absolute atomic E-state index is 0.0420. The lowest BCUT2D eigenvalue weighted by molar-refractivity contribution is -0.123. The Morgan fingerprint density at radius 2 is 1.89 bits per heavy atom. The largest absolute Gasteiger partial charge is 0.373 e. The number of carbonyl (C=O) groups excluding carboxylic acids is 1. The topological polar surface area (TPSA) is 44.8 Å². The van der Waals surface area contributed by atoms with E-state index in [1.54, 1.807) is 0 Å². The molecule has 1 aromatic carbocycles. The van der Waals surface area contributed by atoms with E-state index in [1.165, 1.54) is 24.0 Å². The summed E-state index contributed by atoms with van der Waals surface area (Å²) in [6, 6.07) is 9.08. The van der Waals surface area contributed by atoms with Crippen molar-refractivity contribution in [1.29, 1.82) is 0 Å². The van der Waals surface area contributed by atoms with Crippen LogP contribution in [0.25, 0.3) is 0 Å². The van der Waals surface area contributed by atoms with Gasteiger partial charge in [-0.15, -0.1) is 0 Å². The fourth-order valence-corrected chi connectivity index (χ4v) is 4.64. The van der Waals surface area contributed by atoms with Crippen LogP contribution < -0.4 is 5.32 Å². The fourth-order valence-electron chi connectivity index (χ4n) is 4.64. The minimum Gasteiger partial charge on any atom is -0.373 e. The molecule has 1 aromatic rings. The average molecular weight is 388 g/mol. The number of benzene rings is 1. The molecule has 2 aliphatic rings. The van der Waals surface area contributed by atoms with Crippen LogP contribution in [0.15, 0.2) is 24.3 Å². The van der Waals surface area contributed by atoms with Crippen molar-refractivity contribution in [1.82, 2.24) is 15.1 Å². The summed E-state index contributed by atoms with van der Waals surface area (Å²) in [5.74, 6) is 0.127. The summed E-state index contributed by atoms with van der Waals surface area (Å²) in [6.45, 7) is 13.1. The third-order valence-electron chi connectivity index (χ3n) is 6.08. The second kappa shape index (κ2) is 9.86. The average Bonchev–Trinajstić information content (AvgIpc) is 3.07. The number of hydrogen-bond acceptors (Lipinski definition) is 4. The number of amides is 1. The van der Waals surface area contributed by atoms with Gasteiger partial charge in [0.2, 0.25) is 5.91 Å². The van der Waals surface area contributed by atoms with Gasteiger partial charge < -0.3 is 10.1 Å². The minimum atomic E-state index is 0.0420. The van der Waals surface area contributed by atoms with Gasteiger partial charge in [0, 0.05) is 25.7 Å². The Morgan fingerprint density at radius 3 is 2.54 bits per heavy atom. The molecule has 4 atom stereocenters. The van der Waals surface area contributed by atoms with E-state index in [-0.39, 0.29) is 11.9 Å². The maximum Gasteiger partial charge on any atom is 0.234 e. The Bertz CT molecular complexity index is 623. The molecule has 0 saturated carbocycles. The number of morpholine rings is 1. The van der Waals surface area contributed by atoms with Crippen molar-refractivity contribution >= 4 is 5.91 Å². The molecule has 0 spiro atoms. The van der Waals surface area contributed by atoms with E-state index in [0.29, 0.717) is 24.8 Å². The normalized spacial score (nSPS) is 27.6. The molecule has 2 saturated heterocycles. The molecule has 4 unspecified atom stereocenters. The number of likely N-dealkylation sites (tertiary alicyclic amines) is 1. The molecule has 0 radical (unpaired) electrons. The third-order valence-corrected chi connectivity index (χ3v) is 6.08. The van der Waals surface area contributed by atoms with E-state index >= 15 is 0 Å². The van der Waals surface area contributed by atoms with Crippen molar-refractivity contribution in [3.8, 4) is 0 Å². The van der Waals surface area contributed by atoms with Crippen molar-refractivity contribution in [2.75, 3.05) is 32.7 Å². The number of nitrogens with zero attached hydrogens (tertiary/aromatic N) is 2. The zero-order valence-electron chi connectivity index (χ0n) is 18.0. The Hall–Kier alpha value is -1.43. The van der Waals surface area contributed by atoms with Crippen molar-refractivity contribution < 1.29 is 9.53 Å². The van der Waals surface area contributed by atoms with Crippen molar-refractivity contribution in [3.63, 3.8) is 0 Å². The molecule has 2 fully saturated rings. The highest BCUT2D eigenvalue weighted by atomic mass is 16.5. The van der Waals surface area contributed by atoms with E-state index in [4.69, 9.17) is 4.74 Å². The first-order chi connectivity index (χ1) is 13.4. The smallest absolute Gasteiger partial charge is 0.234 e. The van der Waals surface area contributed by atoms with Crippen molar-refractivity contribution in [2.24, 2.45) is 0 Å². The number of aryl methyl sites for hydroxylation is 1. The van der Waals surface area contributed by atoms with Crippen LogP contribution in [0.5, 0.6) is 0 Å². The van der Waals surface area contributed by atoms with E-state index in [1.807, 2.05) is 0 Å². The van der Waals surface area contributed by atoms with Crippen LogP contribution >= 0.6 is 0 Å². The molecule has 5 nitrogen and oxygen atoms in total. The predicted molar refractivity (Wildman–Crippen MR) is 113 cm³/mol. The summed E-state index contributed by atoms with van der Waals surface area (Å²) >= 11 is 0. The van der Waals surface area contributed by atoms with Crippen LogP contribution in [0.2, 0.25) is 0 Å². The van der Waals surface area contributed by atoms with Gasteiger partial charge in [-0.2, -0.15) is 0 Å². The van der Waals surface area contributed by atoms with Gasteiger partial charge in [-0.3, -0.25) is 14.6 Å². The van der Waals surface area contributed by atoms with E-state index in [9.17, 15) is 4.79 Å². The molecule has 0 aromatic heterocycles. The first kappa shape index (κ1) is 21.3. The standard InChI is InChI=1S/C23H37N3O2/c1-5-20-8-10-21(11-9-20)19(4)24-23(27)16-26-12-6-7-22(26)15-25-13-17(2)28-18(3)14-25/h8-11,17-19,22H,5-7,12-16H2,1-4H3,(H,24,27). The number of ether oxygens (including phenoxy) is 1. The van der Waals surface area contributed by atoms with E-state index < -0.39 is 0 Å². The quantitative estimate of drug-likeness (QED) is 0.781. The zero-order chi connectivity index (χ0) is 20.1. The highest BCUT2D eigenvalue weighted by Gasteiger charge is 2.31. The molecular formula is C23H37N3O2. The number of rotatable bonds is 7. The van der Waals surface area contributed by atoms with Crippen LogP contribution in [-0.4, -0.2) is 66.7 Å². The first-order valence-corrected chi connectivity index (χ1v) is 10.9. The van der Waals surface area contributed by atoms with Gasteiger partial charge in [-0.05, 0) is 57.7 Å². The maximum absolute atomic E-state index is 12.7. The molecule has 0 bridgehead atoms. The third kappa shape index (κ3) is 5.79. The first-order valence-electron chi connectivity index (χ1n) is 10.9. The summed E-state index contributed by atoms with van der Waals surface area (Å²) in [4.78, 5) is 17.5. The Kier molecular flexibility index (Phi) is 7.49. The highest BCUT2D eigenvalue weighted by molar-refractivity contribution is 5.78. The van der Waals surface area contributed by atoms with Gasteiger partial charge >= 0.3 is 0 Å². The van der Waals surface area contributed by atoms with Gasteiger partial charge in [0.25, 0.3) is 0 Å². The Balaban J connectivity index is 1.49. The monoisotopic (exact) mass is 387 g/mol. The molecule has 3 rings (SSSR count). The number of hydrogen-bond donors (Lipinski definition) is 1. The molecule has 0 aliphatic carbocycles. The van der Waals surface area contributed by atoms with Crippen LogP contribution in [-0.2, 0) is 16.0 Å². The van der Waals surface area contributed by atoms with E-state index in [2.05, 4.69) is 67.1 Å². The molecule has 1 N–H and O–H groups in total.